The molecule has 64 heavy (non-hydrogen) atoms. The first-order chi connectivity index (χ1) is 31.5. The highest BCUT2D eigenvalue weighted by Crippen LogP contribution is 2.18. The van der Waals surface area contributed by atoms with E-state index in [1.54, 1.807) is 0 Å². The van der Waals surface area contributed by atoms with Crippen molar-refractivity contribution in [1.82, 2.24) is 5.32 Å². The fourth-order valence-electron chi connectivity index (χ4n) is 8.42. The van der Waals surface area contributed by atoms with E-state index in [0.29, 0.717) is 25.7 Å². The first kappa shape index (κ1) is 61.8. The molecule has 6 nitrogen and oxygen atoms in total. The second-order valence-electron chi connectivity index (χ2n) is 19.0. The van der Waals surface area contributed by atoms with Crippen LogP contribution in [0, 0.1) is 0 Å². The first-order valence-electron chi connectivity index (χ1n) is 27.9. The molecule has 0 aliphatic rings. The summed E-state index contributed by atoms with van der Waals surface area (Å²) in [5.74, 6) is -0.531. The van der Waals surface area contributed by atoms with Crippen LogP contribution >= 0.6 is 0 Å². The summed E-state index contributed by atoms with van der Waals surface area (Å²) in [7, 11) is 0. The van der Waals surface area contributed by atoms with E-state index < -0.39 is 18.2 Å². The van der Waals surface area contributed by atoms with Gasteiger partial charge in [0.15, 0.2) is 0 Å². The van der Waals surface area contributed by atoms with Crippen LogP contribution in [0.25, 0.3) is 0 Å². The minimum absolute atomic E-state index is 0.0586. The average Bonchev–Trinajstić information content (AvgIpc) is 3.29. The van der Waals surface area contributed by atoms with Gasteiger partial charge in [0.2, 0.25) is 5.91 Å². The van der Waals surface area contributed by atoms with Crippen molar-refractivity contribution < 1.29 is 24.5 Å². The predicted molar refractivity (Wildman–Crippen MR) is 278 cm³/mol. The summed E-state index contributed by atoms with van der Waals surface area (Å²) in [5.41, 5.74) is 0. The number of nitrogens with one attached hydrogen (secondary N) is 1. The van der Waals surface area contributed by atoms with Crippen LogP contribution in [-0.4, -0.2) is 46.9 Å². The number of allylic oxidation sites excluding steroid dienone is 8. The van der Waals surface area contributed by atoms with Gasteiger partial charge in [0, 0.05) is 6.42 Å². The summed E-state index contributed by atoms with van der Waals surface area (Å²) >= 11 is 0. The predicted octanol–water partition coefficient (Wildman–Crippen LogP) is 17.0. The number of ether oxygens (including phenoxy) is 1. The number of esters is 1. The van der Waals surface area contributed by atoms with E-state index in [4.69, 9.17) is 4.74 Å². The van der Waals surface area contributed by atoms with Crippen LogP contribution in [0.4, 0.5) is 0 Å². The molecule has 0 heterocycles. The van der Waals surface area contributed by atoms with Gasteiger partial charge >= 0.3 is 5.97 Å². The molecule has 3 atom stereocenters. The maximum absolute atomic E-state index is 13.2. The zero-order valence-corrected chi connectivity index (χ0v) is 42.7. The van der Waals surface area contributed by atoms with Crippen molar-refractivity contribution in [3.63, 3.8) is 0 Å². The van der Waals surface area contributed by atoms with Gasteiger partial charge in [-0.1, -0.05) is 256 Å². The number of rotatable bonds is 50. The van der Waals surface area contributed by atoms with Gasteiger partial charge in [0.05, 0.1) is 25.2 Å². The summed E-state index contributed by atoms with van der Waals surface area (Å²) in [5, 5.41) is 23.8. The Morgan fingerprint density at radius 2 is 0.797 bits per heavy atom. The molecule has 0 aromatic carbocycles. The Morgan fingerprint density at radius 1 is 0.453 bits per heavy atom. The highest BCUT2D eigenvalue weighted by Gasteiger charge is 2.24. The van der Waals surface area contributed by atoms with Crippen molar-refractivity contribution in [3.8, 4) is 0 Å². The van der Waals surface area contributed by atoms with E-state index >= 15 is 0 Å². The number of carbonyl (C=O) groups excluding carboxylic acids is 2. The Balaban J connectivity index is 4.54. The number of hydrogen-bond acceptors (Lipinski definition) is 5. The van der Waals surface area contributed by atoms with Gasteiger partial charge in [-0.2, -0.15) is 0 Å². The molecule has 0 spiro atoms. The van der Waals surface area contributed by atoms with E-state index in [2.05, 4.69) is 74.7 Å². The molecule has 0 radical (unpaired) electrons. The third-order valence-corrected chi connectivity index (χ3v) is 12.7. The van der Waals surface area contributed by atoms with Crippen molar-refractivity contribution in [1.29, 1.82) is 0 Å². The highest BCUT2D eigenvalue weighted by atomic mass is 16.5. The van der Waals surface area contributed by atoms with Gasteiger partial charge < -0.3 is 20.3 Å². The SMILES string of the molecule is CCCCC/C=C\C/C=C\C/C=C\C/C=C\CCCC(=O)OC(CCCCCCCCCCCCC)CC(=O)NC(CO)C(O)CCCCCCCCCCCCCCCCCCC. The monoisotopic (exact) mass is 898 g/mol. The molecule has 0 aliphatic heterocycles. The number of amides is 1. The van der Waals surface area contributed by atoms with Gasteiger partial charge in [0.1, 0.15) is 6.10 Å². The molecule has 0 bridgehead atoms. The second kappa shape index (κ2) is 51.8. The summed E-state index contributed by atoms with van der Waals surface area (Å²) in [4.78, 5) is 26.2. The zero-order chi connectivity index (χ0) is 46.7. The number of aliphatic hydroxyl groups excluding tert-OH is 2. The van der Waals surface area contributed by atoms with Gasteiger partial charge in [0.25, 0.3) is 0 Å². The van der Waals surface area contributed by atoms with Crippen molar-refractivity contribution >= 4 is 11.9 Å². The van der Waals surface area contributed by atoms with Crippen molar-refractivity contribution in [2.75, 3.05) is 6.61 Å². The lowest BCUT2D eigenvalue weighted by Crippen LogP contribution is -2.46. The maximum atomic E-state index is 13.2. The molecule has 0 saturated heterocycles. The van der Waals surface area contributed by atoms with E-state index in [1.165, 1.54) is 167 Å². The van der Waals surface area contributed by atoms with Crippen LogP contribution in [0.3, 0.4) is 0 Å². The van der Waals surface area contributed by atoms with Gasteiger partial charge in [-0.25, -0.2) is 0 Å². The topological polar surface area (TPSA) is 95.9 Å². The Morgan fingerprint density at radius 3 is 1.20 bits per heavy atom. The molecule has 0 aromatic rings. The lowest BCUT2D eigenvalue weighted by atomic mass is 10.0. The third kappa shape index (κ3) is 46.4. The Labute approximate surface area is 397 Å². The molecule has 0 aromatic heterocycles. The first-order valence-corrected chi connectivity index (χ1v) is 27.9. The van der Waals surface area contributed by atoms with Crippen LogP contribution < -0.4 is 5.32 Å². The summed E-state index contributed by atoms with van der Waals surface area (Å²) < 4.78 is 5.91. The Kier molecular flexibility index (Phi) is 50.0. The van der Waals surface area contributed by atoms with E-state index in [1.807, 2.05) is 0 Å². The number of hydrogen-bond donors (Lipinski definition) is 3. The minimum atomic E-state index is -0.796. The fraction of sp³-hybridized carbons (Fsp3) is 0.828. The largest absolute Gasteiger partial charge is 0.462 e. The summed E-state index contributed by atoms with van der Waals surface area (Å²) in [6.45, 7) is 6.46. The molecule has 0 rings (SSSR count). The van der Waals surface area contributed by atoms with Crippen LogP contribution in [0.2, 0.25) is 0 Å². The lowest BCUT2D eigenvalue weighted by molar-refractivity contribution is -0.151. The molecule has 374 valence electrons. The van der Waals surface area contributed by atoms with E-state index in [0.717, 1.165) is 64.2 Å². The van der Waals surface area contributed by atoms with Crippen LogP contribution in [0.15, 0.2) is 48.6 Å². The molecule has 3 unspecified atom stereocenters. The lowest BCUT2D eigenvalue weighted by Gasteiger charge is -2.24. The van der Waals surface area contributed by atoms with Crippen molar-refractivity contribution in [3.05, 3.63) is 48.6 Å². The van der Waals surface area contributed by atoms with Crippen LogP contribution in [0.1, 0.15) is 284 Å². The second-order valence-corrected chi connectivity index (χ2v) is 19.0. The molecule has 0 saturated carbocycles. The van der Waals surface area contributed by atoms with Crippen LogP contribution in [-0.2, 0) is 14.3 Å². The Bertz CT molecular complexity index is 1100. The summed E-state index contributed by atoms with van der Waals surface area (Å²) in [6.07, 6.45) is 63.2. The molecule has 0 aliphatic carbocycles. The smallest absolute Gasteiger partial charge is 0.306 e. The number of aliphatic hydroxyl groups is 2. The van der Waals surface area contributed by atoms with Gasteiger partial charge in [-0.3, -0.25) is 9.59 Å². The highest BCUT2D eigenvalue weighted by molar-refractivity contribution is 5.77. The molecule has 6 heteroatoms. The molecular weight excluding hydrogens is 791 g/mol. The number of carbonyl (C=O) groups is 2. The average molecular weight is 898 g/mol. The Hall–Kier alpha value is -2.18. The molecular formula is C58H107NO5. The van der Waals surface area contributed by atoms with Crippen LogP contribution in [0.5, 0.6) is 0 Å². The van der Waals surface area contributed by atoms with Crippen molar-refractivity contribution in [2.45, 2.75) is 302 Å². The maximum Gasteiger partial charge on any atom is 0.306 e. The molecule has 3 N–H and O–H groups in total. The number of unbranched alkanes of at least 4 members (excludes halogenated alkanes) is 30. The molecule has 0 fully saturated rings. The van der Waals surface area contributed by atoms with E-state index in [-0.39, 0.29) is 24.9 Å². The quantitative estimate of drug-likeness (QED) is 0.0321. The summed E-state index contributed by atoms with van der Waals surface area (Å²) in [6, 6.07) is -0.711. The third-order valence-electron chi connectivity index (χ3n) is 12.7. The van der Waals surface area contributed by atoms with Crippen molar-refractivity contribution in [2.24, 2.45) is 0 Å². The standard InChI is InChI=1S/C58H107NO5/c1-4-7-10-13-16-19-22-24-26-28-30-32-35-38-41-44-47-50-56(61)55(53-60)59-57(62)52-54(49-46-43-40-37-34-21-18-15-12-9-6-3)64-58(63)51-48-45-42-39-36-33-31-29-27-25-23-20-17-14-11-8-5-2/h17,20,25,27,31,33,39,42,54-56,60-61H,4-16,18-19,21-24,26,28-30,32,34-38,40-41,43-53H2,1-3H3,(H,59,62)/b20-17-,27-25-,33-31-,42-39-. The van der Waals surface area contributed by atoms with E-state index in [9.17, 15) is 19.8 Å². The normalized spacial score (nSPS) is 13.5. The fourth-order valence-corrected chi connectivity index (χ4v) is 8.42. The van der Waals surface area contributed by atoms with Gasteiger partial charge in [-0.05, 0) is 64.2 Å². The van der Waals surface area contributed by atoms with Gasteiger partial charge in [-0.15, -0.1) is 0 Å². The molecule has 1 amide bonds. The zero-order valence-electron chi connectivity index (χ0n) is 42.7. The minimum Gasteiger partial charge on any atom is -0.462 e.